The summed E-state index contributed by atoms with van der Waals surface area (Å²) >= 11 is 0. The first-order chi connectivity index (χ1) is 11.9. The SMILES string of the molecule is CC(C)c1cc(C(C)C)c(-c2cc[n+](C)c(C(C)(C)C)c2)c(C(C)C)c1. The number of aryl methyl sites for hydroxylation is 1. The number of nitrogens with zero attached hydrogens (tertiary/aromatic N) is 1. The number of aromatic nitrogens is 1. The molecular weight excluding hydrogens is 314 g/mol. The molecule has 142 valence electrons. The fourth-order valence-corrected chi connectivity index (χ4v) is 3.76. The molecule has 1 heterocycles. The van der Waals surface area contributed by atoms with Crippen molar-refractivity contribution in [3.63, 3.8) is 0 Å². The summed E-state index contributed by atoms with van der Waals surface area (Å²) < 4.78 is 2.26. The van der Waals surface area contributed by atoms with Crippen LogP contribution in [0.4, 0.5) is 0 Å². The zero-order valence-corrected chi connectivity index (χ0v) is 18.6. The second kappa shape index (κ2) is 7.55. The van der Waals surface area contributed by atoms with Crippen LogP contribution < -0.4 is 4.57 Å². The van der Waals surface area contributed by atoms with Gasteiger partial charge in [-0.3, -0.25) is 0 Å². The second-order valence-electron chi connectivity index (χ2n) is 9.70. The van der Waals surface area contributed by atoms with Crippen LogP contribution in [0, 0.1) is 0 Å². The van der Waals surface area contributed by atoms with Crippen LogP contribution in [0.15, 0.2) is 30.5 Å². The fraction of sp³-hybridized carbons (Fsp3) is 0.560. The highest BCUT2D eigenvalue weighted by molar-refractivity contribution is 5.73. The predicted molar refractivity (Wildman–Crippen MR) is 114 cm³/mol. The summed E-state index contributed by atoms with van der Waals surface area (Å²) in [6, 6.07) is 9.58. The maximum absolute atomic E-state index is 2.44. The van der Waals surface area contributed by atoms with Crippen molar-refractivity contribution in [3.8, 4) is 11.1 Å². The first-order valence-corrected chi connectivity index (χ1v) is 10.1. The van der Waals surface area contributed by atoms with Crippen LogP contribution in [0.3, 0.4) is 0 Å². The highest BCUT2D eigenvalue weighted by atomic mass is 14.9. The van der Waals surface area contributed by atoms with Crippen molar-refractivity contribution in [2.45, 2.75) is 85.5 Å². The topological polar surface area (TPSA) is 3.88 Å². The zero-order valence-electron chi connectivity index (χ0n) is 18.6. The Morgan fingerprint density at radius 2 is 1.27 bits per heavy atom. The lowest BCUT2D eigenvalue weighted by Gasteiger charge is -2.24. The molecule has 2 rings (SSSR count). The van der Waals surface area contributed by atoms with Gasteiger partial charge in [0.2, 0.25) is 0 Å². The summed E-state index contributed by atoms with van der Waals surface area (Å²) in [5, 5.41) is 0. The Labute approximate surface area is 161 Å². The normalized spacial score (nSPS) is 12.5. The third kappa shape index (κ3) is 4.19. The van der Waals surface area contributed by atoms with Crippen molar-refractivity contribution in [3.05, 3.63) is 52.8 Å². The van der Waals surface area contributed by atoms with E-state index in [1.165, 1.54) is 33.5 Å². The maximum Gasteiger partial charge on any atom is 0.187 e. The van der Waals surface area contributed by atoms with Crippen molar-refractivity contribution >= 4 is 0 Å². The summed E-state index contributed by atoms with van der Waals surface area (Å²) in [7, 11) is 2.15. The summed E-state index contributed by atoms with van der Waals surface area (Å²) in [5.74, 6) is 1.57. The molecule has 0 aliphatic rings. The summed E-state index contributed by atoms with van der Waals surface area (Å²) in [5.41, 5.74) is 8.72. The number of benzene rings is 1. The van der Waals surface area contributed by atoms with Crippen molar-refractivity contribution in [2.75, 3.05) is 0 Å². The van der Waals surface area contributed by atoms with Gasteiger partial charge in [-0.05, 0) is 45.6 Å². The van der Waals surface area contributed by atoms with E-state index in [0.717, 1.165) is 0 Å². The third-order valence-electron chi connectivity index (χ3n) is 5.34. The van der Waals surface area contributed by atoms with Crippen molar-refractivity contribution in [1.82, 2.24) is 0 Å². The fourth-order valence-electron chi connectivity index (χ4n) is 3.76. The number of rotatable bonds is 4. The quantitative estimate of drug-likeness (QED) is 0.530. The molecule has 0 radical (unpaired) electrons. The number of hydrogen-bond acceptors (Lipinski definition) is 0. The molecule has 0 saturated carbocycles. The van der Waals surface area contributed by atoms with Crippen LogP contribution in [0.5, 0.6) is 0 Å². The summed E-state index contributed by atoms with van der Waals surface area (Å²) in [4.78, 5) is 0. The van der Waals surface area contributed by atoms with Gasteiger partial charge in [0.15, 0.2) is 11.9 Å². The van der Waals surface area contributed by atoms with E-state index in [1.54, 1.807) is 0 Å². The molecule has 0 amide bonds. The minimum Gasteiger partial charge on any atom is -0.205 e. The van der Waals surface area contributed by atoms with Crippen LogP contribution in [0.1, 0.15) is 102 Å². The number of pyridine rings is 1. The second-order valence-corrected chi connectivity index (χ2v) is 9.70. The highest BCUT2D eigenvalue weighted by Crippen LogP contribution is 2.39. The van der Waals surface area contributed by atoms with Crippen LogP contribution in [0.25, 0.3) is 11.1 Å². The van der Waals surface area contributed by atoms with Crippen LogP contribution in [-0.2, 0) is 12.5 Å². The van der Waals surface area contributed by atoms with E-state index in [1.807, 2.05) is 0 Å². The molecule has 0 bridgehead atoms. The Morgan fingerprint density at radius 1 is 0.769 bits per heavy atom. The molecule has 0 unspecified atom stereocenters. The molecule has 1 aromatic carbocycles. The third-order valence-corrected chi connectivity index (χ3v) is 5.34. The summed E-state index contributed by atoms with van der Waals surface area (Å²) in [6.07, 6.45) is 2.22. The molecule has 1 aromatic heterocycles. The first-order valence-electron chi connectivity index (χ1n) is 10.1. The Hall–Kier alpha value is -1.63. The molecule has 0 aliphatic heterocycles. The lowest BCUT2D eigenvalue weighted by molar-refractivity contribution is -0.682. The molecular formula is C25H38N+. The average Bonchev–Trinajstić information content (AvgIpc) is 2.52. The molecule has 0 aliphatic carbocycles. The molecule has 2 aromatic rings. The van der Waals surface area contributed by atoms with E-state index in [9.17, 15) is 0 Å². The van der Waals surface area contributed by atoms with Gasteiger partial charge in [0.05, 0.1) is 0 Å². The van der Waals surface area contributed by atoms with Crippen molar-refractivity contribution < 1.29 is 4.57 Å². The molecule has 0 saturated heterocycles. The van der Waals surface area contributed by atoms with E-state index in [-0.39, 0.29) is 5.41 Å². The maximum atomic E-state index is 2.44. The Morgan fingerprint density at radius 3 is 1.65 bits per heavy atom. The van der Waals surface area contributed by atoms with Crippen LogP contribution >= 0.6 is 0 Å². The minimum absolute atomic E-state index is 0.124. The lowest BCUT2D eigenvalue weighted by Crippen LogP contribution is -2.39. The Kier molecular flexibility index (Phi) is 6.00. The van der Waals surface area contributed by atoms with Gasteiger partial charge < -0.3 is 0 Å². The zero-order chi connectivity index (χ0) is 19.8. The van der Waals surface area contributed by atoms with Gasteiger partial charge in [0.1, 0.15) is 7.05 Å². The standard InChI is InChI=1S/C25H38N/c1-16(2)20-13-21(17(3)4)24(22(14-20)18(5)6)19-11-12-26(10)23(15-19)25(7,8)9/h11-18H,1-10H3/q+1. The highest BCUT2D eigenvalue weighted by Gasteiger charge is 2.26. The van der Waals surface area contributed by atoms with E-state index in [0.29, 0.717) is 17.8 Å². The molecule has 1 nitrogen and oxygen atoms in total. The van der Waals surface area contributed by atoms with Crippen molar-refractivity contribution in [1.29, 1.82) is 0 Å². The van der Waals surface area contributed by atoms with Gasteiger partial charge in [-0.1, -0.05) is 74.4 Å². The molecule has 0 N–H and O–H groups in total. The van der Waals surface area contributed by atoms with E-state index in [2.05, 4.69) is 104 Å². The smallest absolute Gasteiger partial charge is 0.187 e. The molecule has 0 fully saturated rings. The first kappa shape index (κ1) is 20.7. The molecule has 0 spiro atoms. The Bertz CT molecular complexity index is 744. The van der Waals surface area contributed by atoms with Gasteiger partial charge in [-0.25, -0.2) is 4.57 Å². The van der Waals surface area contributed by atoms with Gasteiger partial charge in [-0.15, -0.1) is 0 Å². The molecule has 1 heteroatoms. The van der Waals surface area contributed by atoms with E-state index < -0.39 is 0 Å². The number of hydrogen-bond donors (Lipinski definition) is 0. The van der Waals surface area contributed by atoms with Crippen LogP contribution in [-0.4, -0.2) is 0 Å². The van der Waals surface area contributed by atoms with E-state index in [4.69, 9.17) is 0 Å². The largest absolute Gasteiger partial charge is 0.205 e. The average molecular weight is 353 g/mol. The lowest BCUT2D eigenvalue weighted by atomic mass is 9.81. The van der Waals surface area contributed by atoms with Crippen LogP contribution in [0.2, 0.25) is 0 Å². The van der Waals surface area contributed by atoms with Gasteiger partial charge in [-0.2, -0.15) is 0 Å². The van der Waals surface area contributed by atoms with Gasteiger partial charge >= 0.3 is 0 Å². The van der Waals surface area contributed by atoms with Gasteiger partial charge in [0.25, 0.3) is 0 Å². The van der Waals surface area contributed by atoms with Gasteiger partial charge in [0, 0.05) is 17.5 Å². The molecule has 26 heavy (non-hydrogen) atoms. The van der Waals surface area contributed by atoms with Crippen molar-refractivity contribution in [2.24, 2.45) is 7.05 Å². The Balaban J connectivity index is 2.84. The monoisotopic (exact) mass is 352 g/mol. The summed E-state index contributed by atoms with van der Waals surface area (Å²) in [6.45, 7) is 20.7. The van der Waals surface area contributed by atoms with E-state index >= 15 is 0 Å². The molecule has 0 atom stereocenters. The minimum atomic E-state index is 0.124. The predicted octanol–water partition coefficient (Wildman–Crippen LogP) is 6.85.